The number of rotatable bonds is 4. The second-order valence-corrected chi connectivity index (χ2v) is 11.3. The minimum absolute atomic E-state index is 0.221. The van der Waals surface area contributed by atoms with Gasteiger partial charge in [-0.2, -0.15) is 5.10 Å². The predicted molar refractivity (Wildman–Crippen MR) is 139 cm³/mol. The van der Waals surface area contributed by atoms with Crippen molar-refractivity contribution >= 4 is 40.1 Å². The molecule has 2 aliphatic carbocycles. The molecule has 2 bridgehead atoms. The zero-order chi connectivity index (χ0) is 23.7. The van der Waals surface area contributed by atoms with Crippen molar-refractivity contribution in [1.82, 2.24) is 19.7 Å². The Morgan fingerprint density at radius 2 is 1.74 bits per heavy atom. The monoisotopic (exact) mass is 491 g/mol. The molecular weight excluding hydrogens is 465 g/mol. The van der Waals surface area contributed by atoms with Crippen LogP contribution in [0.4, 0.5) is 5.82 Å². The summed E-state index contributed by atoms with van der Waals surface area (Å²) in [5.74, 6) is 1.51. The highest BCUT2D eigenvalue weighted by atomic mass is 35.5. The maximum atomic E-state index is 6.61. The summed E-state index contributed by atoms with van der Waals surface area (Å²) in [5.41, 5.74) is 4.69. The summed E-state index contributed by atoms with van der Waals surface area (Å²) >= 11 is 12.8. The fourth-order valence-electron chi connectivity index (χ4n) is 6.25. The van der Waals surface area contributed by atoms with Crippen molar-refractivity contribution in [2.24, 2.45) is 16.7 Å². The molecule has 2 fully saturated rings. The first-order valence-electron chi connectivity index (χ1n) is 11.8. The number of aromatic nitrogens is 4. The Labute approximate surface area is 209 Å². The van der Waals surface area contributed by atoms with Gasteiger partial charge in [0.25, 0.3) is 0 Å². The molecule has 0 spiro atoms. The van der Waals surface area contributed by atoms with Crippen LogP contribution in [0, 0.1) is 16.7 Å². The van der Waals surface area contributed by atoms with Gasteiger partial charge < -0.3 is 5.32 Å². The van der Waals surface area contributed by atoms with Crippen LogP contribution in [0.1, 0.15) is 40.0 Å². The number of fused-ring (bicyclic) bond motifs is 3. The zero-order valence-corrected chi connectivity index (χ0v) is 21.0. The number of para-hydroxylation sites is 1. The molecule has 3 unspecified atom stereocenters. The van der Waals surface area contributed by atoms with E-state index in [0.717, 1.165) is 46.1 Å². The molecule has 2 aromatic carbocycles. The van der Waals surface area contributed by atoms with Crippen molar-refractivity contribution < 1.29 is 0 Å². The summed E-state index contributed by atoms with van der Waals surface area (Å²) < 4.78 is 1.88. The van der Waals surface area contributed by atoms with Gasteiger partial charge in [-0.05, 0) is 60.3 Å². The van der Waals surface area contributed by atoms with Crippen LogP contribution in [0.15, 0.2) is 54.9 Å². The molecule has 0 saturated heterocycles. The summed E-state index contributed by atoms with van der Waals surface area (Å²) in [6.07, 6.45) is 5.33. The Hall–Kier alpha value is -2.63. The van der Waals surface area contributed by atoms with E-state index in [0.29, 0.717) is 21.5 Å². The smallest absolute Gasteiger partial charge is 0.158 e. The first-order chi connectivity index (χ1) is 16.3. The summed E-state index contributed by atoms with van der Waals surface area (Å²) in [7, 11) is 0. The normalized spacial score (nSPS) is 25.2. The molecule has 5 nitrogen and oxygen atoms in total. The lowest BCUT2D eigenvalue weighted by atomic mass is 9.69. The molecule has 174 valence electrons. The van der Waals surface area contributed by atoms with E-state index in [2.05, 4.69) is 36.1 Å². The number of nitrogens with one attached hydrogen (secondary N) is 1. The van der Waals surface area contributed by atoms with Crippen LogP contribution >= 0.6 is 23.2 Å². The molecule has 1 N–H and O–H groups in total. The van der Waals surface area contributed by atoms with Gasteiger partial charge in [0.1, 0.15) is 17.5 Å². The third-order valence-corrected chi connectivity index (χ3v) is 9.33. The van der Waals surface area contributed by atoms with Crippen molar-refractivity contribution in [2.45, 2.75) is 46.1 Å². The van der Waals surface area contributed by atoms with E-state index >= 15 is 0 Å². The Morgan fingerprint density at radius 1 is 0.971 bits per heavy atom. The summed E-state index contributed by atoms with van der Waals surface area (Å²) in [6, 6.07) is 15.8. The minimum atomic E-state index is 0.221. The highest BCUT2D eigenvalue weighted by Gasteiger charge is 2.61. The first-order valence-corrected chi connectivity index (χ1v) is 12.6. The van der Waals surface area contributed by atoms with Crippen molar-refractivity contribution in [3.8, 4) is 16.9 Å². The van der Waals surface area contributed by atoms with Crippen LogP contribution < -0.4 is 5.32 Å². The standard InChI is InChI=1S/C27H27Cl2N5/c1-26(2)17-12-13-27(26,3)21(14-17)32-25-23-22(30-15-31-25)24(16-8-10-18(28)11-9-16)34(33-23)20-7-5-4-6-19(20)29/h4-11,15,17,21H,12-14H2,1-3H3,(H,30,31,32). The Morgan fingerprint density at radius 3 is 2.41 bits per heavy atom. The van der Waals surface area contributed by atoms with E-state index in [1.54, 1.807) is 6.33 Å². The third-order valence-electron chi connectivity index (χ3n) is 8.76. The molecule has 2 aliphatic rings. The van der Waals surface area contributed by atoms with E-state index in [9.17, 15) is 0 Å². The van der Waals surface area contributed by atoms with Crippen LogP contribution in [0.5, 0.6) is 0 Å². The van der Waals surface area contributed by atoms with Gasteiger partial charge in [0.2, 0.25) is 0 Å². The quantitative estimate of drug-likeness (QED) is 0.322. The van der Waals surface area contributed by atoms with Gasteiger partial charge in [-0.15, -0.1) is 0 Å². The summed E-state index contributed by atoms with van der Waals surface area (Å²) in [5, 5.41) is 10.1. The van der Waals surface area contributed by atoms with Crippen LogP contribution in [0.3, 0.4) is 0 Å². The number of benzene rings is 2. The minimum Gasteiger partial charge on any atom is -0.365 e. The number of halogens is 2. The zero-order valence-electron chi connectivity index (χ0n) is 19.5. The Kier molecular flexibility index (Phi) is 4.95. The van der Waals surface area contributed by atoms with Crippen LogP contribution in [-0.2, 0) is 0 Å². The number of hydrogen-bond acceptors (Lipinski definition) is 4. The Balaban J connectivity index is 1.52. The maximum Gasteiger partial charge on any atom is 0.158 e. The third kappa shape index (κ3) is 3.10. The largest absolute Gasteiger partial charge is 0.365 e. The summed E-state index contributed by atoms with van der Waals surface area (Å²) in [4.78, 5) is 9.33. The lowest BCUT2D eigenvalue weighted by Crippen LogP contribution is -2.40. The number of anilines is 1. The highest BCUT2D eigenvalue weighted by molar-refractivity contribution is 6.32. The van der Waals surface area contributed by atoms with E-state index < -0.39 is 0 Å². The van der Waals surface area contributed by atoms with Crippen molar-refractivity contribution in [3.05, 3.63) is 64.9 Å². The van der Waals surface area contributed by atoms with Gasteiger partial charge in [-0.3, -0.25) is 0 Å². The molecule has 0 amide bonds. The Bertz CT molecular complexity index is 1390. The molecule has 0 aliphatic heterocycles. The SMILES string of the molecule is CC1(C)C2CCC1(C)C(Nc1ncnc3c(-c4ccc(Cl)cc4)n(-c4ccccc4Cl)nc13)C2. The first kappa shape index (κ1) is 21.9. The van der Waals surface area contributed by atoms with E-state index in [1.807, 2.05) is 53.2 Å². The lowest BCUT2D eigenvalue weighted by molar-refractivity contribution is 0.142. The second-order valence-electron chi connectivity index (χ2n) is 10.4. The fourth-order valence-corrected chi connectivity index (χ4v) is 6.60. The van der Waals surface area contributed by atoms with Crippen LogP contribution in [0.25, 0.3) is 28.0 Å². The lowest BCUT2D eigenvalue weighted by Gasteiger charge is -2.39. The molecule has 34 heavy (non-hydrogen) atoms. The molecule has 4 aromatic rings. The predicted octanol–water partition coefficient (Wildman–Crippen LogP) is 7.42. The molecule has 2 heterocycles. The fraction of sp³-hybridized carbons (Fsp3) is 0.370. The van der Waals surface area contributed by atoms with E-state index in [4.69, 9.17) is 28.3 Å². The van der Waals surface area contributed by atoms with Crippen molar-refractivity contribution in [3.63, 3.8) is 0 Å². The van der Waals surface area contributed by atoms with Gasteiger partial charge in [-0.1, -0.05) is 68.2 Å². The number of hydrogen-bond donors (Lipinski definition) is 1. The molecule has 7 heteroatoms. The molecule has 2 saturated carbocycles. The van der Waals surface area contributed by atoms with Gasteiger partial charge in [-0.25, -0.2) is 14.6 Å². The molecule has 2 aromatic heterocycles. The van der Waals surface area contributed by atoms with Gasteiger partial charge in [0.15, 0.2) is 11.3 Å². The average molecular weight is 492 g/mol. The van der Waals surface area contributed by atoms with Crippen molar-refractivity contribution in [2.75, 3.05) is 5.32 Å². The highest BCUT2D eigenvalue weighted by Crippen LogP contribution is 2.65. The van der Waals surface area contributed by atoms with Crippen LogP contribution in [0.2, 0.25) is 10.0 Å². The second kappa shape index (κ2) is 7.69. The van der Waals surface area contributed by atoms with Crippen molar-refractivity contribution in [1.29, 1.82) is 0 Å². The van der Waals surface area contributed by atoms with E-state index in [1.165, 1.54) is 12.8 Å². The number of nitrogens with zero attached hydrogens (tertiary/aromatic N) is 4. The maximum absolute atomic E-state index is 6.61. The molecule has 3 atom stereocenters. The van der Waals surface area contributed by atoms with Gasteiger partial charge >= 0.3 is 0 Å². The molecule has 0 radical (unpaired) electrons. The van der Waals surface area contributed by atoms with Gasteiger partial charge in [0, 0.05) is 16.6 Å². The van der Waals surface area contributed by atoms with E-state index in [-0.39, 0.29) is 5.41 Å². The average Bonchev–Trinajstić information content (AvgIpc) is 3.37. The van der Waals surface area contributed by atoms with Gasteiger partial charge in [0.05, 0.1) is 10.7 Å². The molecule has 6 rings (SSSR count). The van der Waals surface area contributed by atoms with Crippen LogP contribution in [-0.4, -0.2) is 25.8 Å². The topological polar surface area (TPSA) is 55.6 Å². The summed E-state index contributed by atoms with van der Waals surface area (Å²) in [6.45, 7) is 7.27. The molecular formula is C27H27Cl2N5.